The van der Waals surface area contributed by atoms with Crippen molar-refractivity contribution in [1.82, 2.24) is 14.5 Å². The monoisotopic (exact) mass is 493 g/mol. The maximum Gasteiger partial charge on any atom is 0.243 e. The fourth-order valence-corrected chi connectivity index (χ4v) is 7.50. The highest BCUT2D eigenvalue weighted by Gasteiger charge is 2.42. The Bertz CT molecular complexity index is 988. The molecule has 1 aliphatic carbocycles. The number of carbonyl (C=O) groups is 1. The number of nitrogens with one attached hydrogen (secondary N) is 1. The lowest BCUT2D eigenvalue weighted by molar-refractivity contribution is -0.125. The number of fused-ring (bicyclic) bond motifs is 1. The van der Waals surface area contributed by atoms with Crippen LogP contribution in [0.4, 0.5) is 0 Å². The highest BCUT2D eigenvalue weighted by molar-refractivity contribution is 7.89. The predicted octanol–water partition coefficient (Wildman–Crippen LogP) is 1.76. The summed E-state index contributed by atoms with van der Waals surface area (Å²) in [6, 6.07) is 3.98. The number of benzene rings is 1. The molecule has 1 unspecified atom stereocenters. The standard InChI is InChI=1S/C24H35N3O6S/c28-23(25-18-24(8-2-1-3-9-24)26-11-13-31-14-12-26)20-5-4-10-27(20)34(29,30)19-6-7-21-22(17-19)33-16-15-32-21/h6-7,17,20H,1-5,8-16,18H2,(H,25,28). The van der Waals surface area contributed by atoms with Crippen molar-refractivity contribution in [2.75, 3.05) is 52.6 Å². The lowest BCUT2D eigenvalue weighted by atomic mass is 9.79. The van der Waals surface area contributed by atoms with Crippen molar-refractivity contribution in [3.05, 3.63) is 18.2 Å². The Morgan fingerprint density at radius 2 is 1.71 bits per heavy atom. The largest absolute Gasteiger partial charge is 0.486 e. The average molecular weight is 494 g/mol. The van der Waals surface area contributed by atoms with Crippen LogP contribution in [-0.2, 0) is 19.6 Å². The van der Waals surface area contributed by atoms with E-state index in [9.17, 15) is 13.2 Å². The first kappa shape index (κ1) is 23.8. The summed E-state index contributed by atoms with van der Waals surface area (Å²) in [6.45, 7) is 4.92. The Morgan fingerprint density at radius 1 is 0.971 bits per heavy atom. The van der Waals surface area contributed by atoms with Gasteiger partial charge >= 0.3 is 0 Å². The third kappa shape index (κ3) is 4.65. The van der Waals surface area contributed by atoms with Gasteiger partial charge in [0.15, 0.2) is 11.5 Å². The van der Waals surface area contributed by atoms with E-state index in [2.05, 4.69) is 10.2 Å². The molecule has 4 aliphatic rings. The summed E-state index contributed by atoms with van der Waals surface area (Å²) in [7, 11) is -3.84. The lowest BCUT2D eigenvalue weighted by Gasteiger charge is -2.48. The van der Waals surface area contributed by atoms with E-state index < -0.39 is 16.1 Å². The molecule has 3 aliphatic heterocycles. The summed E-state index contributed by atoms with van der Waals surface area (Å²) >= 11 is 0. The van der Waals surface area contributed by atoms with Crippen molar-refractivity contribution < 1.29 is 27.4 Å². The molecule has 0 aromatic heterocycles. The lowest BCUT2D eigenvalue weighted by Crippen LogP contribution is -2.60. The molecule has 0 radical (unpaired) electrons. The van der Waals surface area contributed by atoms with Gasteiger partial charge in [0, 0.05) is 37.8 Å². The molecule has 188 valence electrons. The highest BCUT2D eigenvalue weighted by atomic mass is 32.2. The third-order valence-electron chi connectivity index (χ3n) is 7.68. The fraction of sp³-hybridized carbons (Fsp3) is 0.708. The van der Waals surface area contributed by atoms with Crippen LogP contribution in [0.15, 0.2) is 23.1 Å². The number of amides is 1. The Morgan fingerprint density at radius 3 is 2.47 bits per heavy atom. The smallest absolute Gasteiger partial charge is 0.243 e. The summed E-state index contributed by atoms with van der Waals surface area (Å²) in [4.78, 5) is 15.9. The quantitative estimate of drug-likeness (QED) is 0.645. The molecule has 0 bridgehead atoms. The van der Waals surface area contributed by atoms with Crippen molar-refractivity contribution >= 4 is 15.9 Å². The number of nitrogens with zero attached hydrogens (tertiary/aromatic N) is 2. The number of sulfonamides is 1. The molecule has 1 saturated carbocycles. The first-order valence-corrected chi connectivity index (χ1v) is 14.0. The zero-order chi connectivity index (χ0) is 23.6. The molecular formula is C24H35N3O6S. The van der Waals surface area contributed by atoms with E-state index in [-0.39, 0.29) is 16.3 Å². The number of hydrogen-bond donors (Lipinski definition) is 1. The molecule has 34 heavy (non-hydrogen) atoms. The Kier molecular flexibility index (Phi) is 7.02. The molecule has 10 heteroatoms. The molecule has 1 N–H and O–H groups in total. The fourth-order valence-electron chi connectivity index (χ4n) is 5.83. The zero-order valence-electron chi connectivity index (χ0n) is 19.7. The van der Waals surface area contributed by atoms with Gasteiger partial charge < -0.3 is 19.5 Å². The number of carbonyl (C=O) groups excluding carboxylic acids is 1. The molecule has 1 aromatic rings. The highest BCUT2D eigenvalue weighted by Crippen LogP contribution is 2.36. The van der Waals surface area contributed by atoms with Gasteiger partial charge in [-0.05, 0) is 37.8 Å². The van der Waals surface area contributed by atoms with Crippen molar-refractivity contribution in [1.29, 1.82) is 0 Å². The van der Waals surface area contributed by atoms with Crippen LogP contribution in [0.25, 0.3) is 0 Å². The van der Waals surface area contributed by atoms with Crippen LogP contribution < -0.4 is 14.8 Å². The van der Waals surface area contributed by atoms with Gasteiger partial charge in [-0.3, -0.25) is 9.69 Å². The van der Waals surface area contributed by atoms with Gasteiger partial charge in [0.1, 0.15) is 19.3 Å². The van der Waals surface area contributed by atoms with Crippen LogP contribution in [0, 0.1) is 0 Å². The van der Waals surface area contributed by atoms with Gasteiger partial charge in [-0.2, -0.15) is 4.31 Å². The summed E-state index contributed by atoms with van der Waals surface area (Å²) in [5, 5.41) is 3.16. The van der Waals surface area contributed by atoms with E-state index in [1.807, 2.05) is 0 Å². The maximum atomic E-state index is 13.5. The van der Waals surface area contributed by atoms with E-state index in [0.717, 1.165) is 52.0 Å². The molecular weight excluding hydrogens is 458 g/mol. The molecule has 1 amide bonds. The zero-order valence-corrected chi connectivity index (χ0v) is 20.5. The van der Waals surface area contributed by atoms with Gasteiger partial charge in [-0.1, -0.05) is 19.3 Å². The van der Waals surface area contributed by atoms with Crippen molar-refractivity contribution in [3.8, 4) is 11.5 Å². The van der Waals surface area contributed by atoms with Crippen molar-refractivity contribution in [3.63, 3.8) is 0 Å². The van der Waals surface area contributed by atoms with Gasteiger partial charge in [0.25, 0.3) is 0 Å². The van der Waals surface area contributed by atoms with E-state index in [1.165, 1.54) is 22.9 Å². The first-order chi connectivity index (χ1) is 16.5. The number of rotatable bonds is 6. The number of hydrogen-bond acceptors (Lipinski definition) is 7. The van der Waals surface area contributed by atoms with Crippen molar-refractivity contribution in [2.45, 2.75) is 61.4 Å². The van der Waals surface area contributed by atoms with Crippen LogP contribution in [-0.4, -0.2) is 87.7 Å². The van der Waals surface area contributed by atoms with E-state index in [0.29, 0.717) is 50.6 Å². The Labute approximate surface area is 201 Å². The molecule has 9 nitrogen and oxygen atoms in total. The summed E-state index contributed by atoms with van der Waals surface area (Å²) in [5.41, 5.74) is -0.0597. The molecule has 3 heterocycles. The Balaban J connectivity index is 1.29. The third-order valence-corrected chi connectivity index (χ3v) is 9.59. The maximum absolute atomic E-state index is 13.5. The second-order valence-corrected chi connectivity index (χ2v) is 11.6. The molecule has 1 aromatic carbocycles. The molecule has 0 spiro atoms. The number of ether oxygens (including phenoxy) is 3. The SMILES string of the molecule is O=C(NCC1(N2CCOCC2)CCCCC1)C1CCCN1S(=O)(=O)c1ccc2c(c1)OCCO2. The van der Waals surface area contributed by atoms with Crippen LogP contribution >= 0.6 is 0 Å². The van der Waals surface area contributed by atoms with Crippen LogP contribution in [0.3, 0.4) is 0 Å². The second kappa shape index (κ2) is 10.0. The van der Waals surface area contributed by atoms with E-state index >= 15 is 0 Å². The molecule has 5 rings (SSSR count). The molecule has 2 saturated heterocycles. The van der Waals surface area contributed by atoms with Gasteiger partial charge in [-0.15, -0.1) is 0 Å². The minimum atomic E-state index is -3.84. The topological polar surface area (TPSA) is 97.4 Å². The minimum absolute atomic E-state index is 0.0597. The summed E-state index contributed by atoms with van der Waals surface area (Å²) in [6.07, 6.45) is 6.83. The first-order valence-electron chi connectivity index (χ1n) is 12.5. The Hall–Kier alpha value is -1.88. The van der Waals surface area contributed by atoms with Crippen LogP contribution in [0.2, 0.25) is 0 Å². The molecule has 3 fully saturated rings. The minimum Gasteiger partial charge on any atom is -0.486 e. The van der Waals surface area contributed by atoms with Crippen LogP contribution in [0.1, 0.15) is 44.9 Å². The summed E-state index contributed by atoms with van der Waals surface area (Å²) < 4.78 is 45.0. The second-order valence-electron chi connectivity index (χ2n) is 9.68. The normalized spacial score (nSPS) is 25.7. The van der Waals surface area contributed by atoms with Crippen LogP contribution in [0.5, 0.6) is 11.5 Å². The van der Waals surface area contributed by atoms with Gasteiger partial charge in [0.05, 0.1) is 18.1 Å². The van der Waals surface area contributed by atoms with E-state index in [1.54, 1.807) is 6.07 Å². The molecule has 1 atom stereocenters. The van der Waals surface area contributed by atoms with E-state index in [4.69, 9.17) is 14.2 Å². The van der Waals surface area contributed by atoms with Gasteiger partial charge in [0.2, 0.25) is 15.9 Å². The van der Waals surface area contributed by atoms with Gasteiger partial charge in [-0.25, -0.2) is 8.42 Å². The van der Waals surface area contributed by atoms with Crippen molar-refractivity contribution in [2.24, 2.45) is 0 Å². The summed E-state index contributed by atoms with van der Waals surface area (Å²) in [5.74, 6) is 0.774. The average Bonchev–Trinajstić information content (AvgIpc) is 3.39. The number of morpholine rings is 1. The predicted molar refractivity (Wildman–Crippen MR) is 126 cm³/mol.